The van der Waals surface area contributed by atoms with E-state index >= 15 is 0 Å². The molecule has 2 rings (SSSR count). The van der Waals surface area contributed by atoms with E-state index in [1.807, 2.05) is 18.2 Å². The molecule has 3 nitrogen and oxygen atoms in total. The van der Waals surface area contributed by atoms with Gasteiger partial charge in [-0.15, -0.1) is 0 Å². The van der Waals surface area contributed by atoms with Gasteiger partial charge in [0.2, 0.25) is 0 Å². The molecule has 1 aromatic rings. The minimum atomic E-state index is 0.331. The Bertz CT molecular complexity index is 306. The average Bonchev–Trinajstić information content (AvgIpc) is 2.20. The standard InChI is InChI=1S/C11H16N2O/c12-9-5-7-13(8-6-9)10-3-1-2-4-11(10)14/h1-4,9,14H,5-8,12H2. The molecule has 1 heterocycles. The molecular formula is C11H16N2O. The van der Waals surface area contributed by atoms with Crippen LogP contribution in [0.4, 0.5) is 5.69 Å². The maximum absolute atomic E-state index is 9.66. The Labute approximate surface area is 84.1 Å². The van der Waals surface area contributed by atoms with E-state index in [0.717, 1.165) is 31.6 Å². The molecule has 1 aliphatic rings. The van der Waals surface area contributed by atoms with E-state index in [4.69, 9.17) is 5.73 Å². The minimum absolute atomic E-state index is 0.331. The summed E-state index contributed by atoms with van der Waals surface area (Å²) in [7, 11) is 0. The second-order valence-electron chi connectivity index (χ2n) is 3.81. The molecule has 0 amide bonds. The fourth-order valence-electron chi connectivity index (χ4n) is 1.87. The molecule has 0 radical (unpaired) electrons. The highest BCUT2D eigenvalue weighted by Gasteiger charge is 2.17. The van der Waals surface area contributed by atoms with Crippen molar-refractivity contribution >= 4 is 5.69 Å². The topological polar surface area (TPSA) is 49.5 Å². The van der Waals surface area contributed by atoms with E-state index in [9.17, 15) is 5.11 Å². The van der Waals surface area contributed by atoms with E-state index in [-0.39, 0.29) is 0 Å². The zero-order valence-electron chi connectivity index (χ0n) is 8.19. The number of hydrogen-bond acceptors (Lipinski definition) is 3. The van der Waals surface area contributed by atoms with Crippen molar-refractivity contribution < 1.29 is 5.11 Å². The Morgan fingerprint density at radius 2 is 1.86 bits per heavy atom. The van der Waals surface area contributed by atoms with Gasteiger partial charge in [0.1, 0.15) is 5.75 Å². The molecule has 0 aromatic heterocycles. The number of hydrogen-bond donors (Lipinski definition) is 2. The molecule has 0 bridgehead atoms. The second-order valence-corrected chi connectivity index (χ2v) is 3.81. The lowest BCUT2D eigenvalue weighted by atomic mass is 10.1. The number of para-hydroxylation sites is 2. The van der Waals surface area contributed by atoms with Crippen molar-refractivity contribution in [1.29, 1.82) is 0 Å². The lowest BCUT2D eigenvalue weighted by Gasteiger charge is -2.32. The summed E-state index contributed by atoms with van der Waals surface area (Å²) in [6, 6.07) is 7.80. The molecule has 0 unspecified atom stereocenters. The van der Waals surface area contributed by atoms with Crippen LogP contribution in [0.25, 0.3) is 0 Å². The van der Waals surface area contributed by atoms with Gasteiger partial charge in [0.05, 0.1) is 5.69 Å². The molecule has 1 fully saturated rings. The van der Waals surface area contributed by atoms with E-state index in [1.54, 1.807) is 6.07 Å². The Morgan fingerprint density at radius 3 is 2.50 bits per heavy atom. The number of benzene rings is 1. The molecule has 3 N–H and O–H groups in total. The predicted molar refractivity (Wildman–Crippen MR) is 57.5 cm³/mol. The van der Waals surface area contributed by atoms with Crippen LogP contribution in [-0.2, 0) is 0 Å². The maximum Gasteiger partial charge on any atom is 0.138 e. The first-order valence-electron chi connectivity index (χ1n) is 5.06. The molecular weight excluding hydrogens is 176 g/mol. The summed E-state index contributed by atoms with van der Waals surface area (Å²) < 4.78 is 0. The van der Waals surface area contributed by atoms with Crippen LogP contribution in [0.1, 0.15) is 12.8 Å². The fraction of sp³-hybridized carbons (Fsp3) is 0.455. The molecule has 76 valence electrons. The number of anilines is 1. The number of rotatable bonds is 1. The van der Waals surface area contributed by atoms with Gasteiger partial charge < -0.3 is 15.7 Å². The first-order valence-corrected chi connectivity index (χ1v) is 5.06. The highest BCUT2D eigenvalue weighted by Crippen LogP contribution is 2.28. The second kappa shape index (κ2) is 3.88. The lowest BCUT2D eigenvalue weighted by molar-refractivity contribution is 0.461. The summed E-state index contributed by atoms with van der Waals surface area (Å²) in [4.78, 5) is 2.19. The van der Waals surface area contributed by atoms with Crippen molar-refractivity contribution in [2.24, 2.45) is 5.73 Å². The van der Waals surface area contributed by atoms with Gasteiger partial charge in [-0.1, -0.05) is 12.1 Å². The molecule has 3 heteroatoms. The first kappa shape index (κ1) is 9.34. The lowest BCUT2D eigenvalue weighted by Crippen LogP contribution is -2.39. The predicted octanol–water partition coefficient (Wildman–Crippen LogP) is 1.32. The molecule has 0 aliphatic carbocycles. The Kier molecular flexibility index (Phi) is 2.59. The van der Waals surface area contributed by atoms with Crippen molar-refractivity contribution in [2.45, 2.75) is 18.9 Å². The van der Waals surface area contributed by atoms with Gasteiger partial charge in [0.25, 0.3) is 0 Å². The monoisotopic (exact) mass is 192 g/mol. The Balaban J connectivity index is 2.12. The number of phenols is 1. The zero-order chi connectivity index (χ0) is 9.97. The minimum Gasteiger partial charge on any atom is -0.506 e. The molecule has 1 aromatic carbocycles. The van der Waals surface area contributed by atoms with Crippen LogP contribution in [0.3, 0.4) is 0 Å². The summed E-state index contributed by atoms with van der Waals surface area (Å²) in [6.45, 7) is 1.89. The number of nitrogens with zero attached hydrogens (tertiary/aromatic N) is 1. The van der Waals surface area contributed by atoms with E-state index < -0.39 is 0 Å². The van der Waals surface area contributed by atoms with Gasteiger partial charge in [0, 0.05) is 19.1 Å². The van der Waals surface area contributed by atoms with Crippen LogP contribution >= 0.6 is 0 Å². The fourth-order valence-corrected chi connectivity index (χ4v) is 1.87. The van der Waals surface area contributed by atoms with E-state index in [1.165, 1.54) is 0 Å². The van der Waals surface area contributed by atoms with Gasteiger partial charge in [0.15, 0.2) is 0 Å². The number of phenolic OH excluding ortho intramolecular Hbond substituents is 1. The first-order chi connectivity index (χ1) is 6.77. The van der Waals surface area contributed by atoms with Gasteiger partial charge in [-0.05, 0) is 25.0 Å². The number of aromatic hydroxyl groups is 1. The molecule has 1 aliphatic heterocycles. The number of nitrogens with two attached hydrogens (primary N) is 1. The summed E-state index contributed by atoms with van der Waals surface area (Å²) in [5, 5.41) is 9.66. The molecule has 0 spiro atoms. The van der Waals surface area contributed by atoms with Gasteiger partial charge >= 0.3 is 0 Å². The summed E-state index contributed by atoms with van der Waals surface area (Å²) >= 11 is 0. The highest BCUT2D eigenvalue weighted by atomic mass is 16.3. The van der Waals surface area contributed by atoms with E-state index in [2.05, 4.69) is 4.90 Å². The van der Waals surface area contributed by atoms with E-state index in [0.29, 0.717) is 11.8 Å². The summed E-state index contributed by atoms with van der Waals surface area (Å²) in [6.07, 6.45) is 2.02. The van der Waals surface area contributed by atoms with Crippen LogP contribution in [-0.4, -0.2) is 24.2 Å². The molecule has 14 heavy (non-hydrogen) atoms. The Morgan fingerprint density at radius 1 is 1.21 bits per heavy atom. The number of piperidine rings is 1. The van der Waals surface area contributed by atoms with Crippen molar-refractivity contribution in [3.63, 3.8) is 0 Å². The van der Waals surface area contributed by atoms with Gasteiger partial charge in [-0.25, -0.2) is 0 Å². The normalized spacial score (nSPS) is 18.5. The largest absolute Gasteiger partial charge is 0.506 e. The maximum atomic E-state index is 9.66. The van der Waals surface area contributed by atoms with Crippen molar-refractivity contribution in [3.05, 3.63) is 24.3 Å². The molecule has 0 saturated carbocycles. The summed E-state index contributed by atoms with van der Waals surface area (Å²) in [5.41, 5.74) is 6.75. The van der Waals surface area contributed by atoms with Gasteiger partial charge in [-0.3, -0.25) is 0 Å². The van der Waals surface area contributed by atoms with Crippen molar-refractivity contribution in [2.75, 3.05) is 18.0 Å². The van der Waals surface area contributed by atoms with Crippen LogP contribution in [0.15, 0.2) is 24.3 Å². The quantitative estimate of drug-likeness (QED) is 0.705. The smallest absolute Gasteiger partial charge is 0.138 e. The van der Waals surface area contributed by atoms with Crippen LogP contribution in [0.5, 0.6) is 5.75 Å². The molecule has 0 atom stereocenters. The zero-order valence-corrected chi connectivity index (χ0v) is 8.19. The third-order valence-electron chi connectivity index (χ3n) is 2.76. The SMILES string of the molecule is NC1CCN(c2ccccc2O)CC1. The van der Waals surface area contributed by atoms with Crippen molar-refractivity contribution in [3.8, 4) is 5.75 Å². The van der Waals surface area contributed by atoms with Gasteiger partial charge in [-0.2, -0.15) is 0 Å². The molecule has 1 saturated heterocycles. The average molecular weight is 192 g/mol. The van der Waals surface area contributed by atoms with Crippen LogP contribution in [0.2, 0.25) is 0 Å². The van der Waals surface area contributed by atoms with Crippen LogP contribution in [0, 0.1) is 0 Å². The third-order valence-corrected chi connectivity index (χ3v) is 2.76. The Hall–Kier alpha value is -1.22. The summed E-state index contributed by atoms with van der Waals surface area (Å²) in [5.74, 6) is 0.364. The highest BCUT2D eigenvalue weighted by molar-refractivity contribution is 5.57. The van der Waals surface area contributed by atoms with Crippen molar-refractivity contribution in [1.82, 2.24) is 0 Å². The van der Waals surface area contributed by atoms with Crippen LogP contribution < -0.4 is 10.6 Å². The third kappa shape index (κ3) is 1.82.